The van der Waals surface area contributed by atoms with Gasteiger partial charge in [-0.2, -0.15) is 0 Å². The zero-order chi connectivity index (χ0) is 30.3. The van der Waals surface area contributed by atoms with E-state index >= 15 is 0 Å². The topological polar surface area (TPSA) is 94.1 Å². The minimum absolute atomic E-state index is 0.364. The number of hydrogen-bond donors (Lipinski definition) is 1. The fourth-order valence-corrected chi connectivity index (χ4v) is 3.79. The van der Waals surface area contributed by atoms with Crippen LogP contribution in [0.3, 0.4) is 0 Å². The number of ether oxygens (including phenoxy) is 8. The molecule has 10 heteroatoms. The molecule has 0 radical (unpaired) electrons. The highest BCUT2D eigenvalue weighted by Gasteiger charge is 2.10. The minimum atomic E-state index is 0.364. The van der Waals surface area contributed by atoms with Crippen molar-refractivity contribution in [2.24, 2.45) is 0 Å². The van der Waals surface area contributed by atoms with Gasteiger partial charge in [-0.25, -0.2) is 0 Å². The number of unbranched alkanes of at least 4 members (excludes halogenated alkanes) is 1. The molecule has 0 saturated carbocycles. The standard InChI is InChI=1S/C32H46O9S/c1-5-6-12-39-31-25-28(32(23-26(31)2)40-13-7-22-42-33)9-8-27-24-29(38-20-18-36-16-14-34-3)10-11-30(27)41-21-19-37-17-15-35-4/h10-11,23-25,33H,5-7,12-22H2,1-4H3. The van der Waals surface area contributed by atoms with Gasteiger partial charge in [-0.15, -0.1) is 0 Å². The molecule has 0 aliphatic rings. The molecule has 2 aromatic carbocycles. The SMILES string of the molecule is CCCCOc1cc(C#Cc2cc(OCCOCCOC)ccc2OCCOCCOC)c(OCCCSO)cc1C. The molecule has 234 valence electrons. The van der Waals surface area contributed by atoms with E-state index in [9.17, 15) is 0 Å². The molecule has 0 aliphatic carbocycles. The Balaban J connectivity index is 2.29. The third-order valence-corrected chi connectivity index (χ3v) is 6.27. The maximum Gasteiger partial charge on any atom is 0.135 e. The summed E-state index contributed by atoms with van der Waals surface area (Å²) in [6, 6.07) is 9.43. The second-order valence-corrected chi connectivity index (χ2v) is 9.83. The van der Waals surface area contributed by atoms with Crippen molar-refractivity contribution in [3.8, 4) is 34.8 Å². The van der Waals surface area contributed by atoms with E-state index in [-0.39, 0.29) is 0 Å². The number of hydrogen-bond acceptors (Lipinski definition) is 10. The zero-order valence-corrected chi connectivity index (χ0v) is 26.2. The van der Waals surface area contributed by atoms with Crippen molar-refractivity contribution in [3.05, 3.63) is 47.0 Å². The van der Waals surface area contributed by atoms with Crippen molar-refractivity contribution in [3.63, 3.8) is 0 Å². The Morgan fingerprint density at radius 1 is 0.643 bits per heavy atom. The molecule has 0 spiro atoms. The van der Waals surface area contributed by atoms with E-state index in [2.05, 4.69) is 18.8 Å². The molecule has 0 heterocycles. The number of methoxy groups -OCH3 is 2. The summed E-state index contributed by atoms with van der Waals surface area (Å²) in [5.41, 5.74) is 2.35. The van der Waals surface area contributed by atoms with E-state index in [0.717, 1.165) is 36.2 Å². The van der Waals surface area contributed by atoms with Crippen LogP contribution in [0.1, 0.15) is 42.9 Å². The van der Waals surface area contributed by atoms with Crippen LogP contribution < -0.4 is 18.9 Å². The van der Waals surface area contributed by atoms with E-state index < -0.39 is 0 Å². The molecule has 0 bridgehead atoms. The second kappa shape index (κ2) is 22.9. The van der Waals surface area contributed by atoms with Crippen molar-refractivity contribution in [2.75, 3.05) is 86.0 Å². The lowest BCUT2D eigenvalue weighted by Gasteiger charge is -2.14. The molecule has 0 unspecified atom stereocenters. The van der Waals surface area contributed by atoms with E-state index in [4.69, 9.17) is 42.4 Å². The van der Waals surface area contributed by atoms with Gasteiger partial charge in [0, 0.05) is 20.0 Å². The first-order valence-electron chi connectivity index (χ1n) is 14.3. The Hall–Kier alpha value is -2.65. The summed E-state index contributed by atoms with van der Waals surface area (Å²) in [5.74, 6) is 9.85. The molecule has 1 N–H and O–H groups in total. The Morgan fingerprint density at radius 3 is 1.90 bits per heavy atom. The van der Waals surface area contributed by atoms with Crippen LogP contribution in [0.15, 0.2) is 30.3 Å². The predicted molar refractivity (Wildman–Crippen MR) is 166 cm³/mol. The van der Waals surface area contributed by atoms with E-state index in [1.165, 1.54) is 0 Å². The summed E-state index contributed by atoms with van der Waals surface area (Å²) < 4.78 is 54.1. The summed E-state index contributed by atoms with van der Waals surface area (Å²) in [6.07, 6.45) is 2.73. The molecule has 0 saturated heterocycles. The number of aryl methyl sites for hydroxylation is 1. The van der Waals surface area contributed by atoms with Gasteiger partial charge in [-0.05, 0) is 67.7 Å². The molecule has 42 heavy (non-hydrogen) atoms. The average molecular weight is 607 g/mol. The van der Waals surface area contributed by atoms with Crippen LogP contribution in [-0.4, -0.2) is 90.6 Å². The van der Waals surface area contributed by atoms with Crippen LogP contribution in [0.5, 0.6) is 23.0 Å². The molecule has 2 aromatic rings. The smallest absolute Gasteiger partial charge is 0.135 e. The Kier molecular flexibility index (Phi) is 19.4. The lowest BCUT2D eigenvalue weighted by atomic mass is 10.1. The molecule has 0 atom stereocenters. The van der Waals surface area contributed by atoms with Crippen molar-refractivity contribution in [2.45, 2.75) is 33.1 Å². The molecule has 0 amide bonds. The van der Waals surface area contributed by atoms with Gasteiger partial charge in [0.05, 0.1) is 64.0 Å². The van der Waals surface area contributed by atoms with Crippen molar-refractivity contribution in [1.29, 1.82) is 0 Å². The Labute approximate surface area is 255 Å². The fourth-order valence-electron chi connectivity index (χ4n) is 3.54. The lowest BCUT2D eigenvalue weighted by molar-refractivity contribution is 0.0538. The van der Waals surface area contributed by atoms with Crippen molar-refractivity contribution >= 4 is 12.0 Å². The monoisotopic (exact) mass is 606 g/mol. The Bertz CT molecular complexity index is 1070. The predicted octanol–water partition coefficient (Wildman–Crippen LogP) is 5.63. The third-order valence-electron chi connectivity index (χ3n) is 5.80. The van der Waals surface area contributed by atoms with Gasteiger partial charge in [0.15, 0.2) is 0 Å². The molecule has 9 nitrogen and oxygen atoms in total. The average Bonchev–Trinajstić information content (AvgIpc) is 3.00. The first-order valence-corrected chi connectivity index (χ1v) is 15.3. The highest BCUT2D eigenvalue weighted by molar-refractivity contribution is 7.93. The summed E-state index contributed by atoms with van der Waals surface area (Å²) in [7, 11) is 3.28. The van der Waals surface area contributed by atoms with Crippen molar-refractivity contribution in [1.82, 2.24) is 0 Å². The third kappa shape index (κ3) is 14.5. The van der Waals surface area contributed by atoms with Gasteiger partial charge < -0.3 is 42.4 Å². The van der Waals surface area contributed by atoms with Gasteiger partial charge in [-0.1, -0.05) is 25.2 Å². The van der Waals surface area contributed by atoms with Crippen LogP contribution in [-0.2, 0) is 18.9 Å². The number of rotatable bonds is 23. The molecule has 0 aromatic heterocycles. The minimum Gasteiger partial charge on any atom is -0.493 e. The van der Waals surface area contributed by atoms with Crippen molar-refractivity contribution < 1.29 is 42.4 Å². The van der Waals surface area contributed by atoms with E-state index in [0.29, 0.717) is 107 Å². The lowest BCUT2D eigenvalue weighted by Crippen LogP contribution is -2.11. The van der Waals surface area contributed by atoms with Gasteiger partial charge >= 0.3 is 0 Å². The fraction of sp³-hybridized carbons (Fsp3) is 0.562. The zero-order valence-electron chi connectivity index (χ0n) is 25.4. The van der Waals surface area contributed by atoms with E-state index in [1.54, 1.807) is 14.2 Å². The maximum absolute atomic E-state index is 9.05. The normalized spacial score (nSPS) is 10.7. The van der Waals surface area contributed by atoms with Crippen LogP contribution >= 0.6 is 12.0 Å². The first-order chi connectivity index (χ1) is 20.6. The highest BCUT2D eigenvalue weighted by atomic mass is 32.2. The summed E-state index contributed by atoms with van der Waals surface area (Å²) in [5, 5.41) is 0. The quantitative estimate of drug-likeness (QED) is 0.0974. The number of benzene rings is 2. The van der Waals surface area contributed by atoms with Gasteiger partial charge in [-0.3, -0.25) is 0 Å². The Morgan fingerprint density at radius 2 is 1.24 bits per heavy atom. The van der Waals surface area contributed by atoms with Gasteiger partial charge in [0.1, 0.15) is 36.2 Å². The maximum atomic E-state index is 9.05. The van der Waals surface area contributed by atoms with Crippen LogP contribution in [0.2, 0.25) is 0 Å². The van der Waals surface area contributed by atoms with Gasteiger partial charge in [0.25, 0.3) is 0 Å². The summed E-state index contributed by atoms with van der Waals surface area (Å²) in [6.45, 7) is 8.94. The largest absolute Gasteiger partial charge is 0.493 e. The van der Waals surface area contributed by atoms with Crippen LogP contribution in [0.25, 0.3) is 0 Å². The summed E-state index contributed by atoms with van der Waals surface area (Å²) >= 11 is 0.808. The molecular weight excluding hydrogens is 560 g/mol. The molecule has 0 aliphatic heterocycles. The highest BCUT2D eigenvalue weighted by Crippen LogP contribution is 2.30. The molecule has 2 rings (SSSR count). The second-order valence-electron chi connectivity index (χ2n) is 9.17. The molecular formula is C32H46O9S. The summed E-state index contributed by atoms with van der Waals surface area (Å²) in [4.78, 5) is 0. The van der Waals surface area contributed by atoms with Crippen LogP contribution in [0, 0.1) is 18.8 Å². The molecule has 0 fully saturated rings. The first kappa shape index (κ1) is 35.5. The van der Waals surface area contributed by atoms with Crippen LogP contribution in [0.4, 0.5) is 0 Å². The van der Waals surface area contributed by atoms with Gasteiger partial charge in [0.2, 0.25) is 0 Å². The van der Waals surface area contributed by atoms with E-state index in [1.807, 2.05) is 37.3 Å².